The van der Waals surface area contributed by atoms with E-state index in [-0.39, 0.29) is 0 Å². The van der Waals surface area contributed by atoms with Crippen molar-refractivity contribution in [2.45, 2.75) is 116 Å². The first-order valence-corrected chi connectivity index (χ1v) is 15.1. The number of carbonyl (C=O) groups is 2. The van der Waals surface area contributed by atoms with E-state index in [0.717, 1.165) is 0 Å². The topological polar surface area (TPSA) is 52.6 Å². The van der Waals surface area contributed by atoms with Crippen LogP contribution in [0.3, 0.4) is 0 Å². The molecule has 0 aliphatic heterocycles. The number of rotatable bonds is 10. The fraction of sp³-hybridized carbons (Fsp3) is 0.818. The van der Waals surface area contributed by atoms with Crippen molar-refractivity contribution in [3.05, 3.63) is 12.2 Å². The van der Waals surface area contributed by atoms with Crippen LogP contribution in [0.5, 0.6) is 0 Å². The maximum absolute atomic E-state index is 12.6. The third-order valence-electron chi connectivity index (χ3n) is 6.32. The number of hydrogen-bond acceptors (Lipinski definition) is 4. The standard InChI is InChI=1S/C22H44O4Si2/c1-15(2)27(16(3)4,17(5)6)25-21(23)13-14-22(24)26-28(18(7)8,19(9)10)20(11)12/h13-20H,1-12H3/b14-13-. The van der Waals surface area contributed by atoms with Gasteiger partial charge in [-0.25, -0.2) is 9.59 Å². The molecule has 28 heavy (non-hydrogen) atoms. The zero-order valence-corrected chi connectivity index (χ0v) is 22.3. The van der Waals surface area contributed by atoms with Gasteiger partial charge in [0.2, 0.25) is 0 Å². The van der Waals surface area contributed by atoms with E-state index in [1.165, 1.54) is 12.2 Å². The van der Waals surface area contributed by atoms with E-state index in [0.29, 0.717) is 33.2 Å². The first kappa shape index (κ1) is 27.1. The Bertz CT molecular complexity index is 457. The molecular weight excluding hydrogens is 384 g/mol. The van der Waals surface area contributed by atoms with E-state index in [2.05, 4.69) is 83.1 Å². The summed E-state index contributed by atoms with van der Waals surface area (Å²) < 4.78 is 12.1. The van der Waals surface area contributed by atoms with Crippen molar-refractivity contribution in [1.82, 2.24) is 0 Å². The highest BCUT2D eigenvalue weighted by Crippen LogP contribution is 2.43. The van der Waals surface area contributed by atoms with Crippen LogP contribution >= 0.6 is 0 Å². The van der Waals surface area contributed by atoms with Gasteiger partial charge in [-0.1, -0.05) is 83.1 Å². The van der Waals surface area contributed by atoms with Crippen molar-refractivity contribution in [3.63, 3.8) is 0 Å². The van der Waals surface area contributed by atoms with E-state index in [1.54, 1.807) is 0 Å². The highest BCUT2D eigenvalue weighted by molar-refractivity contribution is 6.79. The molecule has 0 saturated heterocycles. The molecule has 0 unspecified atom stereocenters. The average Bonchev–Trinajstić information content (AvgIpc) is 2.53. The normalized spacial score (nSPS) is 13.6. The molecule has 6 heteroatoms. The smallest absolute Gasteiger partial charge is 0.317 e. The van der Waals surface area contributed by atoms with Gasteiger partial charge >= 0.3 is 11.9 Å². The van der Waals surface area contributed by atoms with Crippen molar-refractivity contribution in [2.24, 2.45) is 0 Å². The molecule has 0 aromatic rings. The second-order valence-electron chi connectivity index (χ2n) is 9.81. The first-order valence-electron chi connectivity index (χ1n) is 10.8. The molecule has 0 spiro atoms. The molecule has 164 valence electrons. The van der Waals surface area contributed by atoms with Gasteiger partial charge in [-0.05, 0) is 33.2 Å². The highest BCUT2D eigenvalue weighted by Gasteiger charge is 2.49. The van der Waals surface area contributed by atoms with Crippen LogP contribution in [0.1, 0.15) is 83.1 Å². The van der Waals surface area contributed by atoms with Crippen LogP contribution in [0.2, 0.25) is 33.2 Å². The summed E-state index contributed by atoms with van der Waals surface area (Å²) >= 11 is 0. The van der Waals surface area contributed by atoms with E-state index in [9.17, 15) is 9.59 Å². The molecular formula is C22H44O4Si2. The van der Waals surface area contributed by atoms with Crippen molar-refractivity contribution in [1.29, 1.82) is 0 Å². The maximum atomic E-state index is 12.6. The predicted molar refractivity (Wildman–Crippen MR) is 123 cm³/mol. The average molecular weight is 429 g/mol. The molecule has 0 rings (SSSR count). The lowest BCUT2D eigenvalue weighted by atomic mass is 10.5. The van der Waals surface area contributed by atoms with Gasteiger partial charge in [-0.15, -0.1) is 0 Å². The SMILES string of the molecule is CC(C)[Si](OC(=O)/C=C\C(=O)O[Si](C(C)C)(C(C)C)C(C)C)(C(C)C)C(C)C. The molecule has 0 heterocycles. The van der Waals surface area contributed by atoms with Crippen LogP contribution in [0.15, 0.2) is 12.2 Å². The second kappa shape index (κ2) is 10.8. The molecule has 0 fully saturated rings. The van der Waals surface area contributed by atoms with Gasteiger partial charge in [0.15, 0.2) is 0 Å². The van der Waals surface area contributed by atoms with E-state index < -0.39 is 28.6 Å². The van der Waals surface area contributed by atoms with Crippen molar-refractivity contribution < 1.29 is 18.4 Å². The lowest BCUT2D eigenvalue weighted by Gasteiger charge is -2.41. The summed E-state index contributed by atoms with van der Waals surface area (Å²) in [5, 5.41) is 0. The Morgan fingerprint density at radius 3 is 0.821 bits per heavy atom. The van der Waals surface area contributed by atoms with Crippen LogP contribution in [0, 0.1) is 0 Å². The Labute approximate surface area is 175 Å². The van der Waals surface area contributed by atoms with Gasteiger partial charge in [-0.3, -0.25) is 0 Å². The van der Waals surface area contributed by atoms with E-state index >= 15 is 0 Å². The molecule has 0 bridgehead atoms. The zero-order valence-electron chi connectivity index (χ0n) is 20.3. The predicted octanol–water partition coefficient (Wildman–Crippen LogP) is 6.98. The molecule has 0 aromatic carbocycles. The fourth-order valence-electron chi connectivity index (χ4n) is 5.26. The third-order valence-corrected chi connectivity index (χ3v) is 18.3. The summed E-state index contributed by atoms with van der Waals surface area (Å²) in [6.45, 7) is 25.6. The third kappa shape index (κ3) is 5.81. The Hall–Kier alpha value is -0.886. The summed E-state index contributed by atoms with van der Waals surface area (Å²) in [4.78, 5) is 25.1. The maximum Gasteiger partial charge on any atom is 0.317 e. The number of carbonyl (C=O) groups excluding carboxylic acids is 2. The highest BCUT2D eigenvalue weighted by atomic mass is 28.4. The van der Waals surface area contributed by atoms with E-state index in [4.69, 9.17) is 8.85 Å². The minimum Gasteiger partial charge on any atom is -0.515 e. The molecule has 0 saturated carbocycles. The molecule has 0 radical (unpaired) electrons. The first-order chi connectivity index (χ1) is 12.7. The Morgan fingerprint density at radius 2 is 0.679 bits per heavy atom. The number of hydrogen-bond donors (Lipinski definition) is 0. The van der Waals surface area contributed by atoms with Gasteiger partial charge in [0.05, 0.1) is 0 Å². The van der Waals surface area contributed by atoms with Crippen LogP contribution < -0.4 is 0 Å². The Kier molecular flexibility index (Phi) is 10.4. The Morgan fingerprint density at radius 1 is 0.500 bits per heavy atom. The van der Waals surface area contributed by atoms with Gasteiger partial charge in [0.1, 0.15) is 0 Å². The molecule has 0 aliphatic rings. The molecule has 0 atom stereocenters. The van der Waals surface area contributed by atoms with Gasteiger partial charge < -0.3 is 8.85 Å². The van der Waals surface area contributed by atoms with Crippen LogP contribution in [-0.4, -0.2) is 28.6 Å². The molecule has 0 aromatic heterocycles. The lowest BCUT2D eigenvalue weighted by Crippen LogP contribution is -2.49. The van der Waals surface area contributed by atoms with E-state index in [1.807, 2.05) is 0 Å². The van der Waals surface area contributed by atoms with Gasteiger partial charge in [0, 0.05) is 12.2 Å². The van der Waals surface area contributed by atoms with Crippen molar-refractivity contribution >= 4 is 28.6 Å². The summed E-state index contributed by atoms with van der Waals surface area (Å²) in [7, 11) is -4.61. The zero-order chi connectivity index (χ0) is 22.4. The largest absolute Gasteiger partial charge is 0.515 e. The molecule has 0 aliphatic carbocycles. The quantitative estimate of drug-likeness (QED) is 0.278. The fourth-order valence-corrected chi connectivity index (χ4v) is 15.5. The molecule has 0 N–H and O–H groups in total. The minimum absolute atomic E-state index is 0.305. The van der Waals surface area contributed by atoms with Crippen LogP contribution in [0.4, 0.5) is 0 Å². The monoisotopic (exact) mass is 428 g/mol. The molecule has 0 amide bonds. The summed E-state index contributed by atoms with van der Waals surface area (Å²) in [6, 6.07) is 0. The summed E-state index contributed by atoms with van der Waals surface area (Å²) in [5.41, 5.74) is 1.83. The van der Waals surface area contributed by atoms with Gasteiger partial charge in [-0.2, -0.15) is 0 Å². The second-order valence-corrected chi connectivity index (χ2v) is 20.6. The van der Waals surface area contributed by atoms with Crippen LogP contribution in [0.25, 0.3) is 0 Å². The van der Waals surface area contributed by atoms with Crippen molar-refractivity contribution in [2.75, 3.05) is 0 Å². The summed E-state index contributed by atoms with van der Waals surface area (Å²) in [5.74, 6) is -0.851. The van der Waals surface area contributed by atoms with Gasteiger partial charge in [0.25, 0.3) is 16.6 Å². The van der Waals surface area contributed by atoms with Crippen molar-refractivity contribution in [3.8, 4) is 0 Å². The summed E-state index contributed by atoms with van der Waals surface area (Å²) in [6.07, 6.45) is 2.52. The lowest BCUT2D eigenvalue weighted by molar-refractivity contribution is -0.132. The van der Waals surface area contributed by atoms with Crippen LogP contribution in [-0.2, 0) is 18.4 Å². The minimum atomic E-state index is -2.31. The molecule has 4 nitrogen and oxygen atoms in total. The Balaban J connectivity index is 5.47.